The molecule has 2 rings (SSSR count). The smallest absolute Gasteiger partial charge is 0.251 e. The Kier molecular flexibility index (Phi) is 4.85. The maximum Gasteiger partial charge on any atom is 0.251 e. The fraction of sp³-hybridized carbons (Fsp3) is 0.188. The number of nitrogens with two attached hydrogens (primary N) is 1. The van der Waals surface area contributed by atoms with Crippen molar-refractivity contribution in [2.45, 2.75) is 13.8 Å². The minimum Gasteiger partial charge on any atom is -0.454 e. The summed E-state index contributed by atoms with van der Waals surface area (Å²) in [6.07, 6.45) is 0. The molecule has 21 heavy (non-hydrogen) atoms. The summed E-state index contributed by atoms with van der Waals surface area (Å²) in [7, 11) is 0. The van der Waals surface area contributed by atoms with E-state index in [1.54, 1.807) is 18.2 Å². The van der Waals surface area contributed by atoms with Gasteiger partial charge in [-0.3, -0.25) is 4.79 Å². The SMILES string of the molecule is CCNC(=O)c1ccc(Oc2ccc(C)cc2Br)c(N)c1. The van der Waals surface area contributed by atoms with Crippen LogP contribution >= 0.6 is 15.9 Å². The lowest BCUT2D eigenvalue weighted by atomic mass is 10.1. The highest BCUT2D eigenvalue weighted by atomic mass is 79.9. The topological polar surface area (TPSA) is 64.3 Å². The second kappa shape index (κ2) is 6.63. The van der Waals surface area contributed by atoms with Crippen LogP contribution in [0, 0.1) is 6.92 Å². The third-order valence-electron chi connectivity index (χ3n) is 2.92. The molecule has 0 aliphatic carbocycles. The lowest BCUT2D eigenvalue weighted by Crippen LogP contribution is -2.22. The average molecular weight is 349 g/mol. The molecule has 0 aliphatic rings. The molecule has 5 heteroatoms. The molecule has 0 atom stereocenters. The molecule has 0 aliphatic heterocycles. The van der Waals surface area contributed by atoms with Crippen LogP contribution in [0.1, 0.15) is 22.8 Å². The van der Waals surface area contributed by atoms with Crippen molar-refractivity contribution < 1.29 is 9.53 Å². The normalized spacial score (nSPS) is 10.2. The van der Waals surface area contributed by atoms with Crippen LogP contribution in [0.2, 0.25) is 0 Å². The highest BCUT2D eigenvalue weighted by Crippen LogP contribution is 2.33. The first-order chi connectivity index (χ1) is 10.0. The lowest BCUT2D eigenvalue weighted by Gasteiger charge is -2.11. The van der Waals surface area contributed by atoms with Crippen LogP contribution in [0.3, 0.4) is 0 Å². The minimum atomic E-state index is -0.146. The summed E-state index contributed by atoms with van der Waals surface area (Å²) in [5.74, 6) is 1.05. The third-order valence-corrected chi connectivity index (χ3v) is 3.54. The summed E-state index contributed by atoms with van der Waals surface area (Å²) in [4.78, 5) is 11.7. The highest BCUT2D eigenvalue weighted by molar-refractivity contribution is 9.10. The highest BCUT2D eigenvalue weighted by Gasteiger charge is 2.10. The number of carbonyl (C=O) groups is 1. The summed E-state index contributed by atoms with van der Waals surface area (Å²) >= 11 is 3.46. The Morgan fingerprint density at radius 3 is 2.57 bits per heavy atom. The predicted molar refractivity (Wildman–Crippen MR) is 87.8 cm³/mol. The third kappa shape index (κ3) is 3.76. The second-order valence-electron chi connectivity index (χ2n) is 4.65. The first kappa shape index (κ1) is 15.4. The van der Waals surface area contributed by atoms with Gasteiger partial charge in [-0.1, -0.05) is 6.07 Å². The molecule has 0 spiro atoms. The molecule has 2 aromatic rings. The molecule has 110 valence electrons. The number of halogens is 1. The summed E-state index contributed by atoms with van der Waals surface area (Å²) in [5.41, 5.74) is 8.04. The van der Waals surface area contributed by atoms with Crippen molar-refractivity contribution in [2.75, 3.05) is 12.3 Å². The largest absolute Gasteiger partial charge is 0.454 e. The molecular formula is C16H17BrN2O2. The molecule has 0 fully saturated rings. The molecular weight excluding hydrogens is 332 g/mol. The maximum absolute atomic E-state index is 11.7. The fourth-order valence-electron chi connectivity index (χ4n) is 1.85. The first-order valence-corrected chi connectivity index (χ1v) is 7.42. The fourth-order valence-corrected chi connectivity index (χ4v) is 2.43. The van der Waals surface area contributed by atoms with E-state index in [9.17, 15) is 4.79 Å². The molecule has 0 bridgehead atoms. The molecule has 0 saturated heterocycles. The van der Waals surface area contributed by atoms with Crippen molar-refractivity contribution in [3.8, 4) is 11.5 Å². The second-order valence-corrected chi connectivity index (χ2v) is 5.50. The molecule has 4 nitrogen and oxygen atoms in total. The van der Waals surface area contributed by atoms with E-state index in [1.165, 1.54) is 0 Å². The summed E-state index contributed by atoms with van der Waals surface area (Å²) in [6.45, 7) is 4.45. The molecule has 0 radical (unpaired) electrons. The van der Waals surface area contributed by atoms with Crippen molar-refractivity contribution in [3.63, 3.8) is 0 Å². The van der Waals surface area contributed by atoms with Gasteiger partial charge in [0.2, 0.25) is 0 Å². The molecule has 0 aromatic heterocycles. The van der Waals surface area contributed by atoms with Crippen LogP contribution in [0.4, 0.5) is 5.69 Å². The zero-order chi connectivity index (χ0) is 15.4. The van der Waals surface area contributed by atoms with Gasteiger partial charge < -0.3 is 15.8 Å². The van der Waals surface area contributed by atoms with E-state index in [1.807, 2.05) is 32.0 Å². The number of benzene rings is 2. The average Bonchev–Trinajstić information content (AvgIpc) is 2.44. The van der Waals surface area contributed by atoms with Crippen LogP contribution in [-0.4, -0.2) is 12.5 Å². The van der Waals surface area contributed by atoms with E-state index in [-0.39, 0.29) is 5.91 Å². The van der Waals surface area contributed by atoms with Crippen molar-refractivity contribution >= 4 is 27.5 Å². The molecule has 0 unspecified atom stereocenters. The van der Waals surface area contributed by atoms with Crippen LogP contribution < -0.4 is 15.8 Å². The Morgan fingerprint density at radius 1 is 1.24 bits per heavy atom. The predicted octanol–water partition coefficient (Wildman–Crippen LogP) is 3.88. The van der Waals surface area contributed by atoms with Gasteiger partial charge in [0.1, 0.15) is 11.5 Å². The Bertz CT molecular complexity index is 671. The van der Waals surface area contributed by atoms with Gasteiger partial charge in [0, 0.05) is 12.1 Å². The summed E-state index contributed by atoms with van der Waals surface area (Å²) in [6, 6.07) is 10.8. The Balaban J connectivity index is 2.23. The lowest BCUT2D eigenvalue weighted by molar-refractivity contribution is 0.0956. The van der Waals surface area contributed by atoms with Crippen molar-refractivity contribution in [1.29, 1.82) is 0 Å². The van der Waals surface area contributed by atoms with Crippen LogP contribution in [0.15, 0.2) is 40.9 Å². The van der Waals surface area contributed by atoms with Gasteiger partial charge >= 0.3 is 0 Å². The van der Waals surface area contributed by atoms with Gasteiger partial charge in [-0.25, -0.2) is 0 Å². The van der Waals surface area contributed by atoms with Crippen LogP contribution in [0.25, 0.3) is 0 Å². The number of hydrogen-bond acceptors (Lipinski definition) is 3. The van der Waals surface area contributed by atoms with Crippen LogP contribution in [0.5, 0.6) is 11.5 Å². The number of nitrogens with one attached hydrogen (secondary N) is 1. The molecule has 3 N–H and O–H groups in total. The Labute approximate surface area is 132 Å². The van der Waals surface area contributed by atoms with Crippen LogP contribution in [-0.2, 0) is 0 Å². The molecule has 2 aromatic carbocycles. The monoisotopic (exact) mass is 348 g/mol. The van der Waals surface area contributed by atoms with Gasteiger partial charge in [-0.2, -0.15) is 0 Å². The number of aryl methyl sites for hydroxylation is 1. The maximum atomic E-state index is 11.7. The Hall–Kier alpha value is -2.01. The number of hydrogen-bond donors (Lipinski definition) is 2. The van der Waals surface area contributed by atoms with E-state index >= 15 is 0 Å². The van der Waals surface area contributed by atoms with E-state index in [2.05, 4.69) is 21.2 Å². The van der Waals surface area contributed by atoms with Crippen molar-refractivity contribution in [3.05, 3.63) is 52.0 Å². The van der Waals surface area contributed by atoms with Gasteiger partial charge in [-0.05, 0) is 65.7 Å². The van der Waals surface area contributed by atoms with Gasteiger partial charge in [0.25, 0.3) is 5.91 Å². The standard InChI is InChI=1S/C16H17BrN2O2/c1-3-19-16(20)11-5-7-15(13(18)9-11)21-14-6-4-10(2)8-12(14)17/h4-9H,3,18H2,1-2H3,(H,19,20). The minimum absolute atomic E-state index is 0.146. The Morgan fingerprint density at radius 2 is 1.95 bits per heavy atom. The molecule has 1 amide bonds. The zero-order valence-corrected chi connectivity index (χ0v) is 13.5. The summed E-state index contributed by atoms with van der Waals surface area (Å²) < 4.78 is 6.64. The number of rotatable bonds is 4. The van der Waals surface area contributed by atoms with Crippen molar-refractivity contribution in [1.82, 2.24) is 5.32 Å². The van der Waals surface area contributed by atoms with Gasteiger partial charge in [0.05, 0.1) is 10.2 Å². The first-order valence-electron chi connectivity index (χ1n) is 6.63. The quantitative estimate of drug-likeness (QED) is 0.824. The summed E-state index contributed by atoms with van der Waals surface area (Å²) in [5, 5.41) is 2.73. The number of anilines is 1. The van der Waals surface area contributed by atoms with E-state index in [4.69, 9.17) is 10.5 Å². The number of carbonyl (C=O) groups excluding carboxylic acids is 1. The molecule has 0 saturated carbocycles. The van der Waals surface area contributed by atoms with E-state index in [0.717, 1.165) is 10.0 Å². The zero-order valence-electron chi connectivity index (χ0n) is 11.9. The van der Waals surface area contributed by atoms with Gasteiger partial charge in [-0.15, -0.1) is 0 Å². The number of nitrogen functional groups attached to an aromatic ring is 1. The van der Waals surface area contributed by atoms with Gasteiger partial charge in [0.15, 0.2) is 0 Å². The molecule has 0 heterocycles. The van der Waals surface area contributed by atoms with E-state index in [0.29, 0.717) is 29.3 Å². The number of amides is 1. The van der Waals surface area contributed by atoms with Crippen molar-refractivity contribution in [2.24, 2.45) is 0 Å². The van der Waals surface area contributed by atoms with E-state index < -0.39 is 0 Å². The number of ether oxygens (including phenoxy) is 1.